The van der Waals surface area contributed by atoms with Gasteiger partial charge in [-0.1, -0.05) is 64.1 Å². The average molecular weight is 358 g/mol. The van der Waals surface area contributed by atoms with Gasteiger partial charge in [-0.15, -0.1) is 0 Å². The molecular weight excluding hydrogens is 330 g/mol. The second kappa shape index (κ2) is 8.43. The molecule has 1 unspecified atom stereocenters. The van der Waals surface area contributed by atoms with Crippen LogP contribution >= 0.6 is 0 Å². The molecule has 0 aliphatic carbocycles. The van der Waals surface area contributed by atoms with E-state index < -0.39 is 10.8 Å². The van der Waals surface area contributed by atoms with Crippen molar-refractivity contribution >= 4 is 16.7 Å². The van der Waals surface area contributed by atoms with Crippen molar-refractivity contribution in [1.29, 1.82) is 0 Å². The maximum Gasteiger partial charge on any atom is 0.252 e. The molecule has 0 aromatic heterocycles. The van der Waals surface area contributed by atoms with Crippen LogP contribution in [0.4, 0.5) is 0 Å². The minimum absolute atomic E-state index is 0.144. The fourth-order valence-electron chi connectivity index (χ4n) is 2.60. The van der Waals surface area contributed by atoms with Crippen molar-refractivity contribution in [3.8, 4) is 0 Å². The van der Waals surface area contributed by atoms with Gasteiger partial charge in [0.15, 0.2) is 0 Å². The molecule has 0 saturated carbocycles. The minimum atomic E-state index is -1.14. The van der Waals surface area contributed by atoms with E-state index in [1.54, 1.807) is 18.2 Å². The first-order valence-electron chi connectivity index (χ1n) is 8.68. The van der Waals surface area contributed by atoms with Crippen LogP contribution in [0.1, 0.15) is 49.2 Å². The highest BCUT2D eigenvalue weighted by molar-refractivity contribution is 7.85. The van der Waals surface area contributed by atoms with Gasteiger partial charge in [0.2, 0.25) is 0 Å². The summed E-state index contributed by atoms with van der Waals surface area (Å²) < 4.78 is 12.1. The molecule has 4 heteroatoms. The van der Waals surface area contributed by atoms with Gasteiger partial charge in [0.1, 0.15) is 0 Å². The summed E-state index contributed by atoms with van der Waals surface area (Å²) in [5, 5.41) is 2.94. The third-order valence-electron chi connectivity index (χ3n) is 4.16. The first kappa shape index (κ1) is 19.4. The van der Waals surface area contributed by atoms with Crippen LogP contribution in [0.2, 0.25) is 0 Å². The number of nitrogens with one attached hydrogen (secondary N) is 1. The monoisotopic (exact) mass is 357 g/mol. The smallest absolute Gasteiger partial charge is 0.252 e. The lowest BCUT2D eigenvalue weighted by Gasteiger charge is -2.19. The van der Waals surface area contributed by atoms with E-state index in [4.69, 9.17) is 0 Å². The van der Waals surface area contributed by atoms with Crippen LogP contribution in [0, 0.1) is 0 Å². The zero-order valence-corrected chi connectivity index (χ0v) is 16.3. The lowest BCUT2D eigenvalue weighted by Crippen LogP contribution is -2.27. The third kappa shape index (κ3) is 5.27. The molecule has 0 aliphatic heterocycles. The van der Waals surface area contributed by atoms with E-state index in [2.05, 4.69) is 50.4 Å². The van der Waals surface area contributed by atoms with E-state index in [-0.39, 0.29) is 11.3 Å². The topological polar surface area (TPSA) is 46.2 Å². The second-order valence-electron chi connectivity index (χ2n) is 7.08. The zero-order chi connectivity index (χ0) is 18.4. The molecule has 2 aromatic carbocycles. The quantitative estimate of drug-likeness (QED) is 0.846. The predicted molar refractivity (Wildman–Crippen MR) is 105 cm³/mol. The van der Waals surface area contributed by atoms with Crippen molar-refractivity contribution in [3.63, 3.8) is 0 Å². The number of rotatable bonds is 6. The molecule has 1 amide bonds. The molecule has 0 fully saturated rings. The Bertz CT molecular complexity index is 745. The average Bonchev–Trinajstić information content (AvgIpc) is 2.60. The Hall–Kier alpha value is -1.94. The van der Waals surface area contributed by atoms with Crippen molar-refractivity contribution in [3.05, 3.63) is 65.2 Å². The summed E-state index contributed by atoms with van der Waals surface area (Å²) in [4.78, 5) is 13.0. The normalized spacial score (nSPS) is 12.6. The number of carbonyl (C=O) groups is 1. The van der Waals surface area contributed by atoms with Crippen molar-refractivity contribution < 1.29 is 9.00 Å². The van der Waals surface area contributed by atoms with E-state index in [9.17, 15) is 9.00 Å². The molecule has 0 saturated heterocycles. The molecule has 0 spiro atoms. The summed E-state index contributed by atoms with van der Waals surface area (Å²) in [6.07, 6.45) is 0.773. The molecule has 0 aliphatic rings. The van der Waals surface area contributed by atoms with Gasteiger partial charge in [0, 0.05) is 12.3 Å². The predicted octanol–water partition coefficient (Wildman–Crippen LogP) is 4.08. The SMILES string of the molecule is CCS(=O)c1ccccc1C(=O)NCCc1ccc(C(C)(C)C)cc1. The van der Waals surface area contributed by atoms with E-state index in [0.29, 0.717) is 22.8 Å². The molecule has 2 aromatic rings. The van der Waals surface area contributed by atoms with Gasteiger partial charge in [0.25, 0.3) is 5.91 Å². The van der Waals surface area contributed by atoms with Crippen molar-refractivity contribution in [2.75, 3.05) is 12.3 Å². The van der Waals surface area contributed by atoms with E-state index in [0.717, 1.165) is 6.42 Å². The van der Waals surface area contributed by atoms with Gasteiger partial charge < -0.3 is 5.32 Å². The summed E-state index contributed by atoms with van der Waals surface area (Å²) in [6, 6.07) is 15.6. The molecule has 1 N–H and O–H groups in total. The molecular formula is C21H27NO2S. The largest absolute Gasteiger partial charge is 0.352 e. The lowest BCUT2D eigenvalue weighted by molar-refractivity contribution is 0.0951. The highest BCUT2D eigenvalue weighted by Gasteiger charge is 2.15. The van der Waals surface area contributed by atoms with Crippen LogP contribution in [-0.2, 0) is 22.6 Å². The summed E-state index contributed by atoms with van der Waals surface area (Å²) in [5.74, 6) is 0.341. The van der Waals surface area contributed by atoms with Crippen LogP contribution < -0.4 is 5.32 Å². The molecule has 0 bridgehead atoms. The highest BCUT2D eigenvalue weighted by Crippen LogP contribution is 2.22. The molecule has 0 heterocycles. The van der Waals surface area contributed by atoms with Crippen LogP contribution in [0.25, 0.3) is 0 Å². The third-order valence-corrected chi connectivity index (χ3v) is 5.53. The second-order valence-corrected chi connectivity index (χ2v) is 8.79. The Kier molecular flexibility index (Phi) is 6.54. The molecule has 25 heavy (non-hydrogen) atoms. The highest BCUT2D eigenvalue weighted by atomic mass is 32.2. The number of amides is 1. The maximum absolute atomic E-state index is 12.4. The molecule has 134 valence electrons. The van der Waals surface area contributed by atoms with Gasteiger partial charge >= 0.3 is 0 Å². The Morgan fingerprint density at radius 2 is 1.68 bits per heavy atom. The van der Waals surface area contributed by atoms with Crippen molar-refractivity contribution in [1.82, 2.24) is 5.32 Å². The van der Waals surface area contributed by atoms with Crippen LogP contribution in [0.15, 0.2) is 53.4 Å². The Labute approximate surface area is 153 Å². The number of hydrogen-bond donors (Lipinski definition) is 1. The van der Waals surface area contributed by atoms with Crippen LogP contribution in [0.5, 0.6) is 0 Å². The number of hydrogen-bond acceptors (Lipinski definition) is 2. The molecule has 3 nitrogen and oxygen atoms in total. The fraction of sp³-hybridized carbons (Fsp3) is 0.381. The van der Waals surface area contributed by atoms with Crippen molar-refractivity contribution in [2.24, 2.45) is 0 Å². The van der Waals surface area contributed by atoms with Crippen LogP contribution in [-0.4, -0.2) is 22.4 Å². The molecule has 1 atom stereocenters. The van der Waals surface area contributed by atoms with Gasteiger partial charge in [-0.25, -0.2) is 0 Å². The fourth-order valence-corrected chi connectivity index (χ4v) is 3.54. The van der Waals surface area contributed by atoms with E-state index in [1.807, 2.05) is 13.0 Å². The first-order chi connectivity index (χ1) is 11.8. The van der Waals surface area contributed by atoms with Crippen molar-refractivity contribution in [2.45, 2.75) is 44.4 Å². The van der Waals surface area contributed by atoms with Gasteiger partial charge in [0.05, 0.1) is 21.3 Å². The Morgan fingerprint density at radius 3 is 2.28 bits per heavy atom. The Balaban J connectivity index is 1.96. The van der Waals surface area contributed by atoms with E-state index in [1.165, 1.54) is 11.1 Å². The first-order valence-corrected chi connectivity index (χ1v) is 10.00. The molecule has 2 rings (SSSR count). The summed E-state index contributed by atoms with van der Waals surface area (Å²) in [7, 11) is -1.14. The zero-order valence-electron chi connectivity index (χ0n) is 15.5. The summed E-state index contributed by atoms with van der Waals surface area (Å²) in [5.41, 5.74) is 3.14. The van der Waals surface area contributed by atoms with E-state index >= 15 is 0 Å². The number of carbonyl (C=O) groups excluding carboxylic acids is 1. The van der Waals surface area contributed by atoms with Gasteiger partial charge in [-0.2, -0.15) is 0 Å². The number of benzene rings is 2. The summed E-state index contributed by atoms with van der Waals surface area (Å²) in [6.45, 7) is 8.99. The van der Waals surface area contributed by atoms with Gasteiger partial charge in [-0.05, 0) is 35.1 Å². The van der Waals surface area contributed by atoms with Gasteiger partial charge in [-0.3, -0.25) is 9.00 Å². The summed E-state index contributed by atoms with van der Waals surface area (Å²) >= 11 is 0. The molecule has 0 radical (unpaired) electrons. The Morgan fingerprint density at radius 1 is 1.04 bits per heavy atom. The lowest BCUT2D eigenvalue weighted by atomic mass is 9.86. The standard InChI is InChI=1S/C21H27NO2S/c1-5-25(24)19-9-7-6-8-18(19)20(23)22-15-14-16-10-12-17(13-11-16)21(2,3)4/h6-13H,5,14-15H2,1-4H3,(H,22,23). The minimum Gasteiger partial charge on any atom is -0.352 e. The maximum atomic E-state index is 12.4. The van der Waals surface area contributed by atoms with Crippen LogP contribution in [0.3, 0.4) is 0 Å².